The first-order valence-corrected chi connectivity index (χ1v) is 8.22. The van der Waals surface area contributed by atoms with E-state index in [1.807, 2.05) is 18.2 Å². The topological polar surface area (TPSA) is 77.8 Å². The summed E-state index contributed by atoms with van der Waals surface area (Å²) < 4.78 is 16.8. The highest BCUT2D eigenvalue weighted by molar-refractivity contribution is 5.80. The maximum atomic E-state index is 12.7. The van der Waals surface area contributed by atoms with Gasteiger partial charge in [-0.05, 0) is 31.2 Å². The van der Waals surface area contributed by atoms with Crippen LogP contribution in [-0.2, 0) is 4.79 Å². The zero-order chi connectivity index (χ0) is 19.2. The lowest BCUT2D eigenvalue weighted by Crippen LogP contribution is -2.29. The van der Waals surface area contributed by atoms with Crippen molar-refractivity contribution in [3.05, 3.63) is 64.5 Å². The van der Waals surface area contributed by atoms with Crippen molar-refractivity contribution < 1.29 is 18.7 Å². The van der Waals surface area contributed by atoms with Gasteiger partial charge in [0.1, 0.15) is 22.8 Å². The van der Waals surface area contributed by atoms with Gasteiger partial charge in [0.15, 0.2) is 6.61 Å². The molecule has 27 heavy (non-hydrogen) atoms. The summed E-state index contributed by atoms with van der Waals surface area (Å²) in [6.45, 7) is 1.60. The summed E-state index contributed by atoms with van der Waals surface area (Å²) in [6, 6.07) is 13.7. The quantitative estimate of drug-likeness (QED) is 0.681. The minimum Gasteiger partial charge on any atom is -0.484 e. The number of carbonyl (C=O) groups is 1. The third kappa shape index (κ3) is 4.28. The third-order valence-corrected chi connectivity index (χ3v) is 3.71. The number of terminal acetylenes is 1. The molecule has 0 saturated heterocycles. The second-order valence-electron chi connectivity index (χ2n) is 5.66. The number of fused-ring (bicyclic) bond motifs is 1. The summed E-state index contributed by atoms with van der Waals surface area (Å²) >= 11 is 0. The number of hydrogen-bond acceptors (Lipinski definition) is 5. The molecule has 1 aromatic heterocycles. The number of rotatable bonds is 6. The summed E-state index contributed by atoms with van der Waals surface area (Å²) in [7, 11) is 0. The minimum absolute atomic E-state index is 0.135. The van der Waals surface area contributed by atoms with Crippen molar-refractivity contribution in [1.82, 2.24) is 5.32 Å². The first kappa shape index (κ1) is 18.1. The normalized spacial score (nSPS) is 10.2. The fourth-order valence-electron chi connectivity index (χ4n) is 2.43. The molecule has 1 amide bonds. The Hall–Kier alpha value is -3.72. The summed E-state index contributed by atoms with van der Waals surface area (Å²) in [4.78, 5) is 24.3. The molecule has 0 aliphatic heterocycles. The molecule has 0 radical (unpaired) electrons. The monoisotopic (exact) mass is 363 g/mol. The Bertz CT molecular complexity index is 1060. The average molecular weight is 363 g/mol. The van der Waals surface area contributed by atoms with E-state index in [0.717, 1.165) is 0 Å². The minimum atomic E-state index is -0.336. The van der Waals surface area contributed by atoms with Crippen LogP contribution < -0.4 is 20.2 Å². The largest absolute Gasteiger partial charge is 0.484 e. The van der Waals surface area contributed by atoms with Crippen molar-refractivity contribution in [2.24, 2.45) is 0 Å². The van der Waals surface area contributed by atoms with Crippen molar-refractivity contribution >= 4 is 16.9 Å². The molecule has 0 unspecified atom stereocenters. The van der Waals surface area contributed by atoms with Crippen LogP contribution in [-0.4, -0.2) is 19.1 Å². The Kier molecular flexibility index (Phi) is 5.43. The van der Waals surface area contributed by atoms with Gasteiger partial charge in [0.25, 0.3) is 5.91 Å². The lowest BCUT2D eigenvalue weighted by atomic mass is 10.2. The van der Waals surface area contributed by atoms with Gasteiger partial charge in [-0.2, -0.15) is 0 Å². The van der Waals surface area contributed by atoms with Crippen molar-refractivity contribution in [1.29, 1.82) is 0 Å². The molecule has 6 heteroatoms. The molecule has 0 aliphatic rings. The van der Waals surface area contributed by atoms with E-state index in [0.29, 0.717) is 28.2 Å². The van der Waals surface area contributed by atoms with Crippen LogP contribution in [0.1, 0.15) is 5.76 Å². The number of hydrogen-bond donors (Lipinski definition) is 1. The van der Waals surface area contributed by atoms with Gasteiger partial charge in [0.05, 0.1) is 11.9 Å². The summed E-state index contributed by atoms with van der Waals surface area (Å²) in [5, 5.41) is 2.86. The zero-order valence-corrected chi connectivity index (χ0v) is 14.7. The molecule has 3 aromatic rings. The summed E-state index contributed by atoms with van der Waals surface area (Å²) in [6.07, 6.45) is 5.08. The first-order chi connectivity index (χ1) is 13.1. The average Bonchev–Trinajstić information content (AvgIpc) is 2.68. The van der Waals surface area contributed by atoms with Crippen LogP contribution in [0, 0.1) is 19.3 Å². The fraction of sp³-hybridized carbons (Fsp3) is 0.143. The number of aryl methyl sites for hydroxylation is 1. The molecule has 6 nitrogen and oxygen atoms in total. The van der Waals surface area contributed by atoms with Gasteiger partial charge in [0, 0.05) is 6.07 Å². The number of amides is 1. The highest BCUT2D eigenvalue weighted by atomic mass is 16.5. The van der Waals surface area contributed by atoms with E-state index in [9.17, 15) is 9.59 Å². The van der Waals surface area contributed by atoms with Crippen molar-refractivity contribution in [2.45, 2.75) is 6.92 Å². The molecule has 0 atom stereocenters. The van der Waals surface area contributed by atoms with Crippen molar-refractivity contribution in [2.75, 3.05) is 13.2 Å². The van der Waals surface area contributed by atoms with Gasteiger partial charge < -0.3 is 19.2 Å². The lowest BCUT2D eigenvalue weighted by molar-refractivity contribution is -0.122. The molecule has 0 fully saturated rings. The Balaban J connectivity index is 1.84. The molecule has 1 heterocycles. The molecule has 136 valence electrons. The number of para-hydroxylation sites is 1. The predicted molar refractivity (Wildman–Crippen MR) is 101 cm³/mol. The maximum absolute atomic E-state index is 12.7. The number of ether oxygens (including phenoxy) is 2. The van der Waals surface area contributed by atoms with E-state index >= 15 is 0 Å². The Morgan fingerprint density at radius 1 is 1.19 bits per heavy atom. The van der Waals surface area contributed by atoms with E-state index in [2.05, 4.69) is 11.2 Å². The maximum Gasteiger partial charge on any atom is 0.258 e. The van der Waals surface area contributed by atoms with Crippen LogP contribution in [0.5, 0.6) is 17.2 Å². The molecule has 0 spiro atoms. The van der Waals surface area contributed by atoms with Gasteiger partial charge in [-0.15, -0.1) is 6.42 Å². The summed E-state index contributed by atoms with van der Waals surface area (Å²) in [5.74, 6) is 3.40. The van der Waals surface area contributed by atoms with E-state index < -0.39 is 0 Å². The van der Waals surface area contributed by atoms with Crippen LogP contribution in [0.2, 0.25) is 0 Å². The molecule has 0 aliphatic carbocycles. The SMILES string of the molecule is C#CCNC(=O)COc1ccc2c(=O)c(Oc3ccccc3)c(C)oc2c1. The van der Waals surface area contributed by atoms with Crippen LogP contribution in [0.4, 0.5) is 0 Å². The van der Waals surface area contributed by atoms with E-state index in [1.54, 1.807) is 37.3 Å². The first-order valence-electron chi connectivity index (χ1n) is 8.22. The van der Waals surface area contributed by atoms with Crippen molar-refractivity contribution in [3.63, 3.8) is 0 Å². The summed E-state index contributed by atoms with van der Waals surface area (Å²) in [5.41, 5.74) is 0.0651. The van der Waals surface area contributed by atoms with Crippen LogP contribution in [0.3, 0.4) is 0 Å². The number of carbonyl (C=O) groups excluding carboxylic acids is 1. The van der Waals surface area contributed by atoms with Gasteiger partial charge in [-0.1, -0.05) is 24.1 Å². The van der Waals surface area contributed by atoms with Crippen LogP contribution in [0.15, 0.2) is 57.7 Å². The molecule has 2 aromatic carbocycles. The van der Waals surface area contributed by atoms with Gasteiger partial charge >= 0.3 is 0 Å². The molecule has 3 rings (SSSR count). The number of nitrogens with one attached hydrogen (secondary N) is 1. The Morgan fingerprint density at radius 2 is 1.96 bits per heavy atom. The van der Waals surface area contributed by atoms with Gasteiger partial charge in [0.2, 0.25) is 11.2 Å². The molecule has 1 N–H and O–H groups in total. The highest BCUT2D eigenvalue weighted by Crippen LogP contribution is 2.27. The Morgan fingerprint density at radius 3 is 2.70 bits per heavy atom. The van der Waals surface area contributed by atoms with Gasteiger partial charge in [-0.25, -0.2) is 0 Å². The van der Waals surface area contributed by atoms with Crippen LogP contribution in [0.25, 0.3) is 11.0 Å². The lowest BCUT2D eigenvalue weighted by Gasteiger charge is -2.10. The van der Waals surface area contributed by atoms with E-state index in [1.165, 1.54) is 0 Å². The smallest absolute Gasteiger partial charge is 0.258 e. The fourth-order valence-corrected chi connectivity index (χ4v) is 2.43. The highest BCUT2D eigenvalue weighted by Gasteiger charge is 2.14. The number of benzene rings is 2. The van der Waals surface area contributed by atoms with Crippen molar-refractivity contribution in [3.8, 4) is 29.6 Å². The van der Waals surface area contributed by atoms with Crippen LogP contribution >= 0.6 is 0 Å². The second kappa shape index (κ2) is 8.11. The third-order valence-electron chi connectivity index (χ3n) is 3.71. The Labute approximate surface area is 155 Å². The zero-order valence-electron chi connectivity index (χ0n) is 14.7. The molecule has 0 bridgehead atoms. The molecule has 0 saturated carbocycles. The standard InChI is InChI=1S/C21H17NO5/c1-3-11-22-19(23)13-25-16-9-10-17-18(12-16)26-14(2)21(20(17)24)27-15-7-5-4-6-8-15/h1,4-10,12H,11,13H2,2H3,(H,22,23). The van der Waals surface area contributed by atoms with E-state index in [-0.39, 0.29) is 30.2 Å². The molecular weight excluding hydrogens is 346 g/mol. The second-order valence-corrected chi connectivity index (χ2v) is 5.66. The van der Waals surface area contributed by atoms with E-state index in [4.69, 9.17) is 20.3 Å². The van der Waals surface area contributed by atoms with Gasteiger partial charge in [-0.3, -0.25) is 9.59 Å². The predicted octanol–water partition coefficient (Wildman–Crippen LogP) is 3.02. The molecular formula is C21H17NO5.